The molecule has 1 unspecified atom stereocenters. The average Bonchev–Trinajstić information content (AvgIpc) is 2.16. The highest BCUT2D eigenvalue weighted by atomic mass is 32.2. The fourth-order valence-electron chi connectivity index (χ4n) is 1.51. The fraction of sp³-hybridized carbons (Fsp3) is 1.00. The van der Waals surface area contributed by atoms with Crippen LogP contribution in [0.4, 0.5) is 0 Å². The minimum absolute atomic E-state index is 0.818. The highest BCUT2D eigenvalue weighted by Gasteiger charge is 2.15. The minimum Gasteiger partial charge on any atom is -0.315 e. The van der Waals surface area contributed by atoms with Crippen LogP contribution in [0, 0.1) is 0 Å². The summed E-state index contributed by atoms with van der Waals surface area (Å²) in [4.78, 5) is 2.50. The maximum atomic E-state index is 3.44. The molecule has 3 heteroatoms. The lowest BCUT2D eigenvalue weighted by atomic mass is 10.3. The van der Waals surface area contributed by atoms with Crippen molar-refractivity contribution in [2.75, 3.05) is 38.5 Å². The van der Waals surface area contributed by atoms with Crippen LogP contribution in [0.15, 0.2) is 0 Å². The molecule has 1 heterocycles. The quantitative estimate of drug-likeness (QED) is 0.709. The Morgan fingerprint density at radius 2 is 2.17 bits per heavy atom. The van der Waals surface area contributed by atoms with Crippen LogP contribution in [-0.2, 0) is 0 Å². The minimum atomic E-state index is 0.818. The molecule has 1 fully saturated rings. The first kappa shape index (κ1) is 10.4. The van der Waals surface area contributed by atoms with Gasteiger partial charge in [-0.1, -0.05) is 13.8 Å². The normalized spacial score (nSPS) is 24.8. The van der Waals surface area contributed by atoms with Crippen LogP contribution >= 0.6 is 11.8 Å². The van der Waals surface area contributed by atoms with Crippen molar-refractivity contribution in [1.29, 1.82) is 0 Å². The van der Waals surface area contributed by atoms with Crippen LogP contribution in [0.25, 0.3) is 0 Å². The van der Waals surface area contributed by atoms with Crippen molar-refractivity contribution in [3.63, 3.8) is 0 Å². The highest BCUT2D eigenvalue weighted by Crippen LogP contribution is 2.14. The van der Waals surface area contributed by atoms with Crippen molar-refractivity contribution in [2.24, 2.45) is 0 Å². The van der Waals surface area contributed by atoms with Gasteiger partial charge in [0, 0.05) is 30.6 Å². The van der Waals surface area contributed by atoms with Gasteiger partial charge in [0.25, 0.3) is 0 Å². The Hall–Kier alpha value is 0.270. The Balaban J connectivity index is 2.18. The van der Waals surface area contributed by atoms with E-state index in [9.17, 15) is 0 Å². The second kappa shape index (κ2) is 5.84. The van der Waals surface area contributed by atoms with Gasteiger partial charge in [-0.15, -0.1) is 0 Å². The number of hydrogen-bond donors (Lipinski definition) is 1. The van der Waals surface area contributed by atoms with Crippen molar-refractivity contribution < 1.29 is 0 Å². The first-order valence-electron chi connectivity index (χ1n) is 4.91. The predicted molar refractivity (Wildman–Crippen MR) is 56.9 cm³/mol. The molecule has 0 aromatic carbocycles. The van der Waals surface area contributed by atoms with E-state index in [1.165, 1.54) is 38.5 Å². The molecular weight excluding hydrogens is 168 g/mol. The Morgan fingerprint density at radius 1 is 1.42 bits per heavy atom. The molecule has 1 atom stereocenters. The predicted octanol–water partition coefficient (Wildman–Crippen LogP) is 1.03. The SMILES string of the molecule is CCN(CC)CC1CNCCS1. The highest BCUT2D eigenvalue weighted by molar-refractivity contribution is 8.00. The van der Waals surface area contributed by atoms with E-state index in [-0.39, 0.29) is 0 Å². The van der Waals surface area contributed by atoms with E-state index in [1.54, 1.807) is 0 Å². The summed E-state index contributed by atoms with van der Waals surface area (Å²) < 4.78 is 0. The third-order valence-corrected chi connectivity index (χ3v) is 3.59. The molecule has 0 radical (unpaired) electrons. The van der Waals surface area contributed by atoms with Gasteiger partial charge < -0.3 is 10.2 Å². The zero-order valence-electron chi connectivity index (χ0n) is 8.18. The average molecular weight is 188 g/mol. The third-order valence-electron chi connectivity index (χ3n) is 2.36. The summed E-state index contributed by atoms with van der Waals surface area (Å²) in [6.07, 6.45) is 0. The molecule has 1 aliphatic rings. The van der Waals surface area contributed by atoms with Gasteiger partial charge in [0.15, 0.2) is 0 Å². The van der Waals surface area contributed by atoms with E-state index in [2.05, 4.69) is 35.8 Å². The summed E-state index contributed by atoms with van der Waals surface area (Å²) in [5, 5.41) is 4.26. The van der Waals surface area contributed by atoms with E-state index in [0.29, 0.717) is 0 Å². The van der Waals surface area contributed by atoms with Crippen LogP contribution < -0.4 is 5.32 Å². The van der Waals surface area contributed by atoms with Crippen molar-refractivity contribution >= 4 is 11.8 Å². The van der Waals surface area contributed by atoms with E-state index >= 15 is 0 Å². The van der Waals surface area contributed by atoms with E-state index < -0.39 is 0 Å². The van der Waals surface area contributed by atoms with Gasteiger partial charge in [0.05, 0.1) is 0 Å². The topological polar surface area (TPSA) is 15.3 Å². The monoisotopic (exact) mass is 188 g/mol. The molecule has 1 aliphatic heterocycles. The van der Waals surface area contributed by atoms with Gasteiger partial charge in [-0.25, -0.2) is 0 Å². The molecule has 0 amide bonds. The first-order chi connectivity index (χ1) is 5.86. The zero-order chi connectivity index (χ0) is 8.81. The van der Waals surface area contributed by atoms with Crippen molar-refractivity contribution in [1.82, 2.24) is 10.2 Å². The van der Waals surface area contributed by atoms with Gasteiger partial charge in [0.2, 0.25) is 0 Å². The number of nitrogens with zero attached hydrogens (tertiary/aromatic N) is 1. The van der Waals surface area contributed by atoms with Crippen LogP contribution in [0.2, 0.25) is 0 Å². The van der Waals surface area contributed by atoms with Gasteiger partial charge in [-0.2, -0.15) is 11.8 Å². The smallest absolute Gasteiger partial charge is 0.0300 e. The molecule has 0 aromatic heterocycles. The van der Waals surface area contributed by atoms with Crippen molar-refractivity contribution in [3.05, 3.63) is 0 Å². The molecule has 72 valence electrons. The molecule has 0 spiro atoms. The molecule has 0 aliphatic carbocycles. The van der Waals surface area contributed by atoms with E-state index in [1.807, 2.05) is 0 Å². The van der Waals surface area contributed by atoms with E-state index in [0.717, 1.165) is 5.25 Å². The molecule has 1 rings (SSSR count). The summed E-state index contributed by atoms with van der Waals surface area (Å²) in [6.45, 7) is 10.5. The summed E-state index contributed by atoms with van der Waals surface area (Å²) in [5.41, 5.74) is 0. The maximum absolute atomic E-state index is 3.44. The van der Waals surface area contributed by atoms with Crippen LogP contribution in [-0.4, -0.2) is 48.6 Å². The number of nitrogens with one attached hydrogen (secondary N) is 1. The molecule has 2 nitrogen and oxygen atoms in total. The third kappa shape index (κ3) is 3.33. The lowest BCUT2D eigenvalue weighted by Crippen LogP contribution is -2.40. The second-order valence-electron chi connectivity index (χ2n) is 3.18. The Morgan fingerprint density at radius 3 is 2.67 bits per heavy atom. The van der Waals surface area contributed by atoms with Gasteiger partial charge in [-0.05, 0) is 13.1 Å². The first-order valence-corrected chi connectivity index (χ1v) is 5.96. The number of thioether (sulfide) groups is 1. The van der Waals surface area contributed by atoms with E-state index in [4.69, 9.17) is 0 Å². The van der Waals surface area contributed by atoms with Gasteiger partial charge in [0.1, 0.15) is 0 Å². The van der Waals surface area contributed by atoms with Gasteiger partial charge >= 0.3 is 0 Å². The Bertz CT molecular complexity index is 109. The summed E-state index contributed by atoms with van der Waals surface area (Å²) in [6, 6.07) is 0. The maximum Gasteiger partial charge on any atom is 0.0300 e. The Kier molecular flexibility index (Phi) is 5.04. The zero-order valence-corrected chi connectivity index (χ0v) is 8.99. The largest absolute Gasteiger partial charge is 0.315 e. The molecular formula is C9H20N2S. The number of hydrogen-bond acceptors (Lipinski definition) is 3. The fourth-order valence-corrected chi connectivity index (χ4v) is 2.65. The number of rotatable bonds is 4. The summed E-state index contributed by atoms with van der Waals surface area (Å²) >= 11 is 2.12. The van der Waals surface area contributed by atoms with Crippen molar-refractivity contribution in [3.8, 4) is 0 Å². The van der Waals surface area contributed by atoms with Crippen molar-refractivity contribution in [2.45, 2.75) is 19.1 Å². The lowest BCUT2D eigenvalue weighted by Gasteiger charge is -2.28. The molecule has 1 saturated heterocycles. The molecule has 0 bridgehead atoms. The van der Waals surface area contributed by atoms with Crippen LogP contribution in [0.1, 0.15) is 13.8 Å². The molecule has 0 aromatic rings. The second-order valence-corrected chi connectivity index (χ2v) is 4.59. The van der Waals surface area contributed by atoms with Crippen LogP contribution in [0.5, 0.6) is 0 Å². The summed E-state index contributed by atoms with van der Waals surface area (Å²) in [5.74, 6) is 1.28. The molecule has 0 saturated carbocycles. The standard InChI is InChI=1S/C9H20N2S/c1-3-11(4-2)8-9-7-10-5-6-12-9/h9-10H,3-8H2,1-2H3. The van der Waals surface area contributed by atoms with Crippen LogP contribution in [0.3, 0.4) is 0 Å². The lowest BCUT2D eigenvalue weighted by molar-refractivity contribution is 0.301. The molecule has 1 N–H and O–H groups in total. The molecule has 12 heavy (non-hydrogen) atoms. The Labute approximate surface area is 80.1 Å². The van der Waals surface area contributed by atoms with Gasteiger partial charge in [-0.3, -0.25) is 0 Å². The summed E-state index contributed by atoms with van der Waals surface area (Å²) in [7, 11) is 0.